The number of nitrogens with zero attached hydrogens (tertiary/aromatic N) is 4. The number of fused-ring (bicyclic) bond motifs is 1. The van der Waals surface area contributed by atoms with E-state index in [1.807, 2.05) is 30.3 Å². The molecule has 1 atom stereocenters. The van der Waals surface area contributed by atoms with Crippen molar-refractivity contribution in [1.29, 1.82) is 0 Å². The monoisotopic (exact) mass is 424 g/mol. The second-order valence-corrected chi connectivity index (χ2v) is 7.15. The second kappa shape index (κ2) is 9.13. The summed E-state index contributed by atoms with van der Waals surface area (Å²) in [5.41, 5.74) is 2.76. The highest BCUT2D eigenvalue weighted by Crippen LogP contribution is 2.40. The van der Waals surface area contributed by atoms with Crippen molar-refractivity contribution < 1.29 is 23.5 Å². The molecule has 0 amide bonds. The summed E-state index contributed by atoms with van der Waals surface area (Å²) in [4.78, 5) is 23.1. The Labute approximate surface area is 179 Å². The van der Waals surface area contributed by atoms with Crippen LogP contribution in [0.5, 0.6) is 11.5 Å². The van der Waals surface area contributed by atoms with Gasteiger partial charge in [0, 0.05) is 18.8 Å². The normalized spacial score (nSPS) is 15.9. The highest BCUT2D eigenvalue weighted by molar-refractivity contribution is 5.70. The van der Waals surface area contributed by atoms with E-state index in [2.05, 4.69) is 20.0 Å². The molecule has 0 aliphatic carbocycles. The third-order valence-corrected chi connectivity index (χ3v) is 5.40. The van der Waals surface area contributed by atoms with Gasteiger partial charge in [-0.2, -0.15) is 4.98 Å². The molecular weight excluding hydrogens is 400 g/mol. The molecule has 4 rings (SSSR count). The summed E-state index contributed by atoms with van der Waals surface area (Å²) in [5.74, 6) is 1.89. The molecule has 0 saturated heterocycles. The van der Waals surface area contributed by atoms with Gasteiger partial charge in [0.15, 0.2) is 11.5 Å². The Morgan fingerprint density at radius 1 is 1.19 bits per heavy atom. The maximum absolute atomic E-state index is 12.2. The number of carbonyl (C=O) groups excluding carboxylic acids is 1. The highest BCUT2D eigenvalue weighted by Gasteiger charge is 2.32. The van der Waals surface area contributed by atoms with E-state index in [9.17, 15) is 4.79 Å². The van der Waals surface area contributed by atoms with Gasteiger partial charge in [0.05, 0.1) is 34.3 Å². The molecule has 9 nitrogen and oxygen atoms in total. The maximum Gasteiger partial charge on any atom is 0.307 e. The molecule has 162 valence electrons. The number of pyridine rings is 1. The fourth-order valence-corrected chi connectivity index (χ4v) is 3.84. The molecule has 3 aromatic rings. The SMILES string of the molecule is COC(=O)C[C@H]1c2cc(OC)c(OC)cc2CCN1Cc1nc(-c2ccccn2)no1. The molecule has 0 unspecified atom stereocenters. The quantitative estimate of drug-likeness (QED) is 0.530. The maximum atomic E-state index is 12.2. The van der Waals surface area contributed by atoms with Crippen LogP contribution < -0.4 is 9.47 Å². The molecule has 0 fully saturated rings. The lowest BCUT2D eigenvalue weighted by molar-refractivity contribution is -0.142. The first kappa shape index (κ1) is 20.8. The van der Waals surface area contributed by atoms with Crippen LogP contribution in [0.25, 0.3) is 11.5 Å². The van der Waals surface area contributed by atoms with Crippen LogP contribution in [0, 0.1) is 0 Å². The zero-order valence-corrected chi connectivity index (χ0v) is 17.7. The first-order valence-electron chi connectivity index (χ1n) is 9.92. The van der Waals surface area contributed by atoms with Gasteiger partial charge < -0.3 is 18.7 Å². The number of hydrogen-bond donors (Lipinski definition) is 0. The Balaban J connectivity index is 1.63. The summed E-state index contributed by atoms with van der Waals surface area (Å²) >= 11 is 0. The molecule has 1 aromatic carbocycles. The fourth-order valence-electron chi connectivity index (χ4n) is 3.84. The summed E-state index contributed by atoms with van der Waals surface area (Å²) < 4.78 is 21.3. The Kier molecular flexibility index (Phi) is 6.13. The number of hydrogen-bond acceptors (Lipinski definition) is 9. The minimum absolute atomic E-state index is 0.195. The average molecular weight is 424 g/mol. The van der Waals surface area contributed by atoms with Crippen LogP contribution in [0.15, 0.2) is 41.1 Å². The van der Waals surface area contributed by atoms with E-state index in [1.54, 1.807) is 20.4 Å². The van der Waals surface area contributed by atoms with E-state index in [0.717, 1.165) is 17.5 Å². The molecule has 0 saturated carbocycles. The van der Waals surface area contributed by atoms with E-state index in [-0.39, 0.29) is 18.4 Å². The van der Waals surface area contributed by atoms with Crippen molar-refractivity contribution in [2.45, 2.75) is 25.4 Å². The Hall–Kier alpha value is -3.46. The minimum Gasteiger partial charge on any atom is -0.493 e. The molecule has 1 aliphatic heterocycles. The van der Waals surface area contributed by atoms with Gasteiger partial charge in [-0.15, -0.1) is 0 Å². The first-order chi connectivity index (χ1) is 15.1. The Morgan fingerprint density at radius 2 is 2.00 bits per heavy atom. The van der Waals surface area contributed by atoms with Crippen LogP contribution in [0.3, 0.4) is 0 Å². The van der Waals surface area contributed by atoms with E-state index >= 15 is 0 Å². The van der Waals surface area contributed by atoms with Gasteiger partial charge in [-0.1, -0.05) is 11.2 Å². The topological polar surface area (TPSA) is 99.8 Å². The summed E-state index contributed by atoms with van der Waals surface area (Å²) in [7, 11) is 4.60. The molecule has 1 aliphatic rings. The molecule has 3 heterocycles. The molecule has 0 bridgehead atoms. The Morgan fingerprint density at radius 3 is 2.71 bits per heavy atom. The number of benzene rings is 1. The first-order valence-corrected chi connectivity index (χ1v) is 9.92. The predicted octanol–water partition coefficient (Wildman–Crippen LogP) is 2.81. The van der Waals surface area contributed by atoms with Crippen molar-refractivity contribution >= 4 is 5.97 Å². The fraction of sp³-hybridized carbons (Fsp3) is 0.364. The third-order valence-electron chi connectivity index (χ3n) is 5.40. The lowest BCUT2D eigenvalue weighted by atomic mass is 9.90. The van der Waals surface area contributed by atoms with Crippen molar-refractivity contribution in [1.82, 2.24) is 20.0 Å². The molecule has 9 heteroatoms. The van der Waals surface area contributed by atoms with Crippen LogP contribution in [0.4, 0.5) is 0 Å². The number of ether oxygens (including phenoxy) is 3. The van der Waals surface area contributed by atoms with Gasteiger partial charge in [0.2, 0.25) is 11.7 Å². The van der Waals surface area contributed by atoms with Crippen LogP contribution >= 0.6 is 0 Å². The zero-order valence-electron chi connectivity index (χ0n) is 17.7. The van der Waals surface area contributed by atoms with Gasteiger partial charge in [-0.3, -0.25) is 14.7 Å². The van der Waals surface area contributed by atoms with Crippen LogP contribution in [-0.2, 0) is 22.5 Å². The van der Waals surface area contributed by atoms with Crippen molar-refractivity contribution in [2.75, 3.05) is 27.9 Å². The largest absolute Gasteiger partial charge is 0.493 e. The summed E-state index contributed by atoms with van der Waals surface area (Å²) in [6, 6.07) is 9.21. The Bertz CT molecular complexity index is 1050. The molecule has 0 radical (unpaired) electrons. The number of carbonyl (C=O) groups is 1. The third kappa shape index (κ3) is 4.36. The van der Waals surface area contributed by atoms with Crippen LogP contribution in [-0.4, -0.2) is 53.9 Å². The van der Waals surface area contributed by atoms with Crippen LogP contribution in [0.1, 0.15) is 29.5 Å². The van der Waals surface area contributed by atoms with E-state index in [4.69, 9.17) is 18.7 Å². The molecule has 2 aromatic heterocycles. The lowest BCUT2D eigenvalue weighted by Crippen LogP contribution is -2.36. The lowest BCUT2D eigenvalue weighted by Gasteiger charge is -2.36. The molecule has 31 heavy (non-hydrogen) atoms. The van der Waals surface area contributed by atoms with E-state index < -0.39 is 0 Å². The van der Waals surface area contributed by atoms with Crippen molar-refractivity contribution in [3.8, 4) is 23.0 Å². The van der Waals surface area contributed by atoms with Gasteiger partial charge >= 0.3 is 5.97 Å². The average Bonchev–Trinajstić information content (AvgIpc) is 3.28. The smallest absolute Gasteiger partial charge is 0.307 e. The van der Waals surface area contributed by atoms with Gasteiger partial charge in [0.1, 0.15) is 5.69 Å². The van der Waals surface area contributed by atoms with Gasteiger partial charge in [-0.05, 0) is 41.8 Å². The summed E-state index contributed by atoms with van der Waals surface area (Å²) in [6.45, 7) is 1.11. The van der Waals surface area contributed by atoms with Crippen molar-refractivity contribution in [3.05, 3.63) is 53.5 Å². The van der Waals surface area contributed by atoms with Crippen molar-refractivity contribution in [2.24, 2.45) is 0 Å². The summed E-state index contributed by atoms with van der Waals surface area (Å²) in [5, 5.41) is 4.05. The summed E-state index contributed by atoms with van der Waals surface area (Å²) in [6.07, 6.45) is 2.66. The number of rotatable bonds is 7. The highest BCUT2D eigenvalue weighted by atomic mass is 16.5. The number of esters is 1. The number of aromatic nitrogens is 3. The van der Waals surface area contributed by atoms with Crippen LogP contribution in [0.2, 0.25) is 0 Å². The number of methoxy groups -OCH3 is 3. The second-order valence-electron chi connectivity index (χ2n) is 7.15. The molecular formula is C22H24N4O5. The minimum atomic E-state index is -0.294. The van der Waals surface area contributed by atoms with Crippen molar-refractivity contribution in [3.63, 3.8) is 0 Å². The standard InChI is InChI=1S/C22H24N4O5/c1-28-18-10-14-7-9-26(17(12-21(27)30-3)15(14)11-19(18)29-2)13-20-24-22(25-31-20)16-6-4-5-8-23-16/h4-6,8,10-11,17H,7,9,12-13H2,1-3H3/t17-/m0/s1. The van der Waals surface area contributed by atoms with E-state index in [0.29, 0.717) is 42.0 Å². The zero-order chi connectivity index (χ0) is 21.8. The van der Waals surface area contributed by atoms with Gasteiger partial charge in [0.25, 0.3) is 0 Å². The van der Waals surface area contributed by atoms with Gasteiger partial charge in [-0.25, -0.2) is 0 Å². The van der Waals surface area contributed by atoms with E-state index in [1.165, 1.54) is 7.11 Å². The molecule has 0 spiro atoms. The predicted molar refractivity (Wildman–Crippen MR) is 111 cm³/mol. The molecule has 0 N–H and O–H groups in total.